The van der Waals surface area contributed by atoms with Crippen LogP contribution in [0.2, 0.25) is 0 Å². The predicted molar refractivity (Wildman–Crippen MR) is 101 cm³/mol. The van der Waals surface area contributed by atoms with Crippen LogP contribution in [-0.2, 0) is 11.3 Å². The van der Waals surface area contributed by atoms with E-state index in [9.17, 15) is 9.18 Å². The number of rotatable bonds is 7. The molecule has 0 saturated carbocycles. The van der Waals surface area contributed by atoms with Crippen LogP contribution in [-0.4, -0.2) is 32.1 Å². The van der Waals surface area contributed by atoms with Gasteiger partial charge in [-0.05, 0) is 42.8 Å². The van der Waals surface area contributed by atoms with Crippen molar-refractivity contribution < 1.29 is 13.9 Å². The molecular weight excluding hydrogens is 335 g/mol. The van der Waals surface area contributed by atoms with Gasteiger partial charge in [-0.2, -0.15) is 0 Å². The van der Waals surface area contributed by atoms with Crippen LogP contribution in [0.25, 0.3) is 0 Å². The van der Waals surface area contributed by atoms with Crippen LogP contribution in [0, 0.1) is 5.82 Å². The van der Waals surface area contributed by atoms with E-state index in [-0.39, 0.29) is 12.5 Å². The van der Waals surface area contributed by atoms with Crippen molar-refractivity contribution in [1.29, 1.82) is 0 Å². The zero-order valence-electron chi connectivity index (χ0n) is 14.9. The van der Waals surface area contributed by atoms with Gasteiger partial charge < -0.3 is 20.7 Å². The molecule has 0 saturated heterocycles. The number of anilines is 1. The number of aliphatic imine (C=N–C) groups is 1. The fourth-order valence-corrected chi connectivity index (χ4v) is 2.22. The largest absolute Gasteiger partial charge is 0.497 e. The number of nitrogens with zero attached hydrogens (tertiary/aromatic N) is 1. The number of nitrogens with one attached hydrogen (secondary N) is 3. The van der Waals surface area contributed by atoms with Gasteiger partial charge in [0.1, 0.15) is 11.6 Å². The molecule has 3 N–H and O–H groups in total. The van der Waals surface area contributed by atoms with Gasteiger partial charge in [-0.15, -0.1) is 0 Å². The molecule has 6 nitrogen and oxygen atoms in total. The highest BCUT2D eigenvalue weighted by atomic mass is 19.1. The summed E-state index contributed by atoms with van der Waals surface area (Å²) in [5.74, 6) is 0.598. The second kappa shape index (κ2) is 10.0. The third-order valence-corrected chi connectivity index (χ3v) is 3.42. The summed E-state index contributed by atoms with van der Waals surface area (Å²) in [5.41, 5.74) is 1.40. The highest BCUT2D eigenvalue weighted by Crippen LogP contribution is 2.13. The first-order valence-electron chi connectivity index (χ1n) is 8.31. The average molecular weight is 358 g/mol. The Kier molecular flexibility index (Phi) is 7.42. The van der Waals surface area contributed by atoms with Crippen molar-refractivity contribution in [3.8, 4) is 5.75 Å². The molecule has 0 aliphatic heterocycles. The van der Waals surface area contributed by atoms with E-state index in [1.807, 2.05) is 31.2 Å². The number of ether oxygens (including phenoxy) is 1. The molecule has 0 fully saturated rings. The minimum Gasteiger partial charge on any atom is -0.497 e. The second-order valence-corrected chi connectivity index (χ2v) is 5.46. The van der Waals surface area contributed by atoms with Crippen LogP contribution in [0.1, 0.15) is 12.5 Å². The SMILES string of the molecule is CCNC(=NCc1cccc(OC)c1)NCC(=O)Nc1cccc(F)c1. The van der Waals surface area contributed by atoms with E-state index < -0.39 is 5.82 Å². The number of hydrogen-bond acceptors (Lipinski definition) is 3. The first-order chi connectivity index (χ1) is 12.6. The second-order valence-electron chi connectivity index (χ2n) is 5.46. The summed E-state index contributed by atoms with van der Waals surface area (Å²) in [6, 6.07) is 13.4. The van der Waals surface area contributed by atoms with Crippen molar-refractivity contribution >= 4 is 17.6 Å². The number of halogens is 1. The Morgan fingerprint density at radius 2 is 1.96 bits per heavy atom. The molecule has 0 atom stereocenters. The molecule has 0 spiro atoms. The molecule has 138 valence electrons. The molecule has 2 aromatic carbocycles. The van der Waals surface area contributed by atoms with E-state index in [4.69, 9.17) is 4.74 Å². The molecule has 2 rings (SSSR count). The molecule has 0 aliphatic rings. The van der Waals surface area contributed by atoms with Crippen LogP contribution < -0.4 is 20.7 Å². The maximum atomic E-state index is 13.1. The summed E-state index contributed by atoms with van der Waals surface area (Å²) < 4.78 is 18.3. The smallest absolute Gasteiger partial charge is 0.243 e. The van der Waals surface area contributed by atoms with Crippen molar-refractivity contribution in [3.05, 3.63) is 59.9 Å². The number of carbonyl (C=O) groups excluding carboxylic acids is 1. The Morgan fingerprint density at radius 1 is 1.15 bits per heavy atom. The molecule has 7 heteroatoms. The third-order valence-electron chi connectivity index (χ3n) is 3.42. The molecular formula is C19H23FN4O2. The highest BCUT2D eigenvalue weighted by Gasteiger charge is 2.05. The molecule has 0 heterocycles. The van der Waals surface area contributed by atoms with Crippen molar-refractivity contribution in [2.24, 2.45) is 4.99 Å². The molecule has 26 heavy (non-hydrogen) atoms. The number of guanidine groups is 1. The van der Waals surface area contributed by atoms with Crippen molar-refractivity contribution in [1.82, 2.24) is 10.6 Å². The van der Waals surface area contributed by atoms with E-state index >= 15 is 0 Å². The lowest BCUT2D eigenvalue weighted by Crippen LogP contribution is -2.41. The Morgan fingerprint density at radius 3 is 2.69 bits per heavy atom. The number of benzene rings is 2. The standard InChI is InChI=1S/C19H23FN4O2/c1-3-21-19(22-12-14-6-4-9-17(10-14)26-2)23-13-18(25)24-16-8-5-7-15(20)11-16/h4-11H,3,12-13H2,1-2H3,(H,24,25)(H2,21,22,23). The van der Waals surface area contributed by atoms with Gasteiger partial charge in [-0.3, -0.25) is 4.79 Å². The van der Waals surface area contributed by atoms with E-state index in [1.165, 1.54) is 18.2 Å². The summed E-state index contributed by atoms with van der Waals surface area (Å²) in [4.78, 5) is 16.4. The topological polar surface area (TPSA) is 74.8 Å². The summed E-state index contributed by atoms with van der Waals surface area (Å²) in [6.07, 6.45) is 0. The van der Waals surface area contributed by atoms with Crippen LogP contribution in [0.3, 0.4) is 0 Å². The lowest BCUT2D eigenvalue weighted by atomic mass is 10.2. The molecule has 0 aromatic heterocycles. The van der Waals surface area contributed by atoms with Gasteiger partial charge in [-0.25, -0.2) is 9.38 Å². The quantitative estimate of drug-likeness (QED) is 0.525. The van der Waals surface area contributed by atoms with Gasteiger partial charge in [0.25, 0.3) is 0 Å². The van der Waals surface area contributed by atoms with Crippen LogP contribution in [0.15, 0.2) is 53.5 Å². The van der Waals surface area contributed by atoms with Crippen LogP contribution in [0.5, 0.6) is 5.75 Å². The van der Waals surface area contributed by atoms with E-state index in [2.05, 4.69) is 20.9 Å². The first kappa shape index (κ1) is 19.2. The summed E-state index contributed by atoms with van der Waals surface area (Å²) in [6.45, 7) is 3.06. The Hall–Kier alpha value is -3.09. The lowest BCUT2D eigenvalue weighted by molar-refractivity contribution is -0.115. The Balaban J connectivity index is 1.91. The predicted octanol–water partition coefficient (Wildman–Crippen LogP) is 2.53. The van der Waals surface area contributed by atoms with Crippen molar-refractivity contribution in [2.75, 3.05) is 25.5 Å². The maximum Gasteiger partial charge on any atom is 0.243 e. The normalized spacial score (nSPS) is 11.0. The van der Waals surface area contributed by atoms with Crippen LogP contribution in [0.4, 0.5) is 10.1 Å². The molecule has 0 aliphatic carbocycles. The zero-order chi connectivity index (χ0) is 18.8. The summed E-state index contributed by atoms with van der Waals surface area (Å²) in [5, 5.41) is 8.66. The first-order valence-corrected chi connectivity index (χ1v) is 8.31. The molecule has 0 radical (unpaired) electrons. The van der Waals surface area contributed by atoms with Crippen molar-refractivity contribution in [2.45, 2.75) is 13.5 Å². The highest BCUT2D eigenvalue weighted by molar-refractivity contribution is 5.94. The Bertz CT molecular complexity index is 765. The minimum atomic E-state index is -0.399. The molecule has 0 bridgehead atoms. The van der Waals surface area contributed by atoms with E-state index in [0.29, 0.717) is 24.7 Å². The van der Waals surface area contributed by atoms with Crippen molar-refractivity contribution in [3.63, 3.8) is 0 Å². The molecule has 1 amide bonds. The summed E-state index contributed by atoms with van der Waals surface area (Å²) in [7, 11) is 1.62. The van der Waals surface area contributed by atoms with Gasteiger partial charge in [0.2, 0.25) is 5.91 Å². The fourth-order valence-electron chi connectivity index (χ4n) is 2.22. The fraction of sp³-hybridized carbons (Fsp3) is 0.263. The molecule has 2 aromatic rings. The van der Waals surface area contributed by atoms with Gasteiger partial charge in [0, 0.05) is 12.2 Å². The van der Waals surface area contributed by atoms with Gasteiger partial charge in [-0.1, -0.05) is 18.2 Å². The zero-order valence-corrected chi connectivity index (χ0v) is 14.9. The monoisotopic (exact) mass is 358 g/mol. The Labute approximate surface area is 152 Å². The summed E-state index contributed by atoms with van der Waals surface area (Å²) >= 11 is 0. The number of amides is 1. The minimum absolute atomic E-state index is 0.0143. The van der Waals surface area contributed by atoms with E-state index in [0.717, 1.165) is 11.3 Å². The van der Waals surface area contributed by atoms with Gasteiger partial charge in [0.05, 0.1) is 20.2 Å². The van der Waals surface area contributed by atoms with E-state index in [1.54, 1.807) is 13.2 Å². The number of methoxy groups -OCH3 is 1. The number of carbonyl (C=O) groups is 1. The van der Waals surface area contributed by atoms with Gasteiger partial charge >= 0.3 is 0 Å². The lowest BCUT2D eigenvalue weighted by Gasteiger charge is -2.12. The third kappa shape index (κ3) is 6.43. The van der Waals surface area contributed by atoms with Gasteiger partial charge in [0.15, 0.2) is 5.96 Å². The maximum absolute atomic E-state index is 13.1. The number of hydrogen-bond donors (Lipinski definition) is 3. The van der Waals surface area contributed by atoms with Crippen LogP contribution >= 0.6 is 0 Å². The average Bonchev–Trinajstić information content (AvgIpc) is 2.64. The molecule has 0 unspecified atom stereocenters.